The van der Waals surface area contributed by atoms with Crippen LogP contribution in [0.3, 0.4) is 0 Å². The first-order valence-electron chi connectivity index (χ1n) is 7.62. The van der Waals surface area contributed by atoms with Gasteiger partial charge in [-0.3, -0.25) is 0 Å². The Labute approximate surface area is 117 Å². The van der Waals surface area contributed by atoms with Crippen molar-refractivity contribution >= 4 is 0 Å². The summed E-state index contributed by atoms with van der Waals surface area (Å²) in [5.41, 5.74) is 1.32. The van der Waals surface area contributed by atoms with E-state index in [0.717, 1.165) is 30.8 Å². The van der Waals surface area contributed by atoms with Crippen LogP contribution >= 0.6 is 0 Å². The molecule has 2 rings (SSSR count). The Morgan fingerprint density at radius 1 is 1.26 bits per heavy atom. The molecule has 1 aliphatic rings. The number of nitrogens with zero attached hydrogens (tertiary/aromatic N) is 2. The smallest absolute Gasteiger partial charge is 0.115 e. The third-order valence-corrected chi connectivity index (χ3v) is 4.22. The molecule has 106 valence electrons. The van der Waals surface area contributed by atoms with Crippen molar-refractivity contribution in [2.75, 3.05) is 13.1 Å². The Morgan fingerprint density at radius 2 is 2.00 bits per heavy atom. The zero-order valence-electron chi connectivity index (χ0n) is 12.5. The van der Waals surface area contributed by atoms with Crippen molar-refractivity contribution in [2.24, 2.45) is 17.8 Å². The number of rotatable bonds is 5. The lowest BCUT2D eigenvalue weighted by Gasteiger charge is -2.35. The maximum absolute atomic E-state index is 4.20. The van der Waals surface area contributed by atoms with Crippen molar-refractivity contribution < 1.29 is 0 Å². The topological polar surface area (TPSA) is 37.8 Å². The molecular weight excluding hydrogens is 234 g/mol. The Kier molecular flexibility index (Phi) is 5.32. The van der Waals surface area contributed by atoms with Crippen LogP contribution in [0.25, 0.3) is 0 Å². The van der Waals surface area contributed by atoms with Gasteiger partial charge in [-0.15, -0.1) is 0 Å². The van der Waals surface area contributed by atoms with E-state index in [4.69, 9.17) is 0 Å². The molecule has 0 aliphatic heterocycles. The SMILES string of the molecule is CC(C)CNCC1CCC(C)CC1c1cncnc1. The minimum Gasteiger partial charge on any atom is -0.316 e. The van der Waals surface area contributed by atoms with Gasteiger partial charge >= 0.3 is 0 Å². The first kappa shape index (κ1) is 14.4. The highest BCUT2D eigenvalue weighted by molar-refractivity contribution is 5.13. The van der Waals surface area contributed by atoms with E-state index in [1.807, 2.05) is 12.4 Å². The van der Waals surface area contributed by atoms with Crippen LogP contribution in [-0.4, -0.2) is 23.1 Å². The van der Waals surface area contributed by atoms with Gasteiger partial charge in [-0.05, 0) is 55.2 Å². The van der Waals surface area contributed by atoms with Crippen LogP contribution < -0.4 is 5.32 Å². The monoisotopic (exact) mass is 261 g/mol. The highest BCUT2D eigenvalue weighted by atomic mass is 14.9. The van der Waals surface area contributed by atoms with E-state index >= 15 is 0 Å². The maximum atomic E-state index is 4.20. The normalized spacial score (nSPS) is 27.7. The number of hydrogen-bond donors (Lipinski definition) is 1. The van der Waals surface area contributed by atoms with Gasteiger partial charge in [0.2, 0.25) is 0 Å². The summed E-state index contributed by atoms with van der Waals surface area (Å²) in [5.74, 6) is 2.91. The summed E-state index contributed by atoms with van der Waals surface area (Å²) < 4.78 is 0. The molecule has 1 fully saturated rings. The fraction of sp³-hybridized carbons (Fsp3) is 0.750. The second-order valence-electron chi connectivity index (χ2n) is 6.51. The Bertz CT molecular complexity index is 364. The van der Waals surface area contributed by atoms with Gasteiger partial charge in [0, 0.05) is 12.4 Å². The maximum Gasteiger partial charge on any atom is 0.115 e. The zero-order valence-corrected chi connectivity index (χ0v) is 12.5. The van der Waals surface area contributed by atoms with Gasteiger partial charge in [0.1, 0.15) is 6.33 Å². The molecular formula is C16H27N3. The minimum atomic E-state index is 0.629. The van der Waals surface area contributed by atoms with Crippen molar-refractivity contribution in [3.63, 3.8) is 0 Å². The summed E-state index contributed by atoms with van der Waals surface area (Å²) in [4.78, 5) is 8.39. The quantitative estimate of drug-likeness (QED) is 0.884. The average Bonchev–Trinajstić information content (AvgIpc) is 2.41. The van der Waals surface area contributed by atoms with E-state index in [9.17, 15) is 0 Å². The molecule has 1 aromatic heterocycles. The lowest BCUT2D eigenvalue weighted by Crippen LogP contribution is -2.33. The van der Waals surface area contributed by atoms with E-state index in [-0.39, 0.29) is 0 Å². The highest BCUT2D eigenvalue weighted by Crippen LogP contribution is 2.39. The van der Waals surface area contributed by atoms with E-state index in [0.29, 0.717) is 5.92 Å². The van der Waals surface area contributed by atoms with Crippen LogP contribution in [0.4, 0.5) is 0 Å². The minimum absolute atomic E-state index is 0.629. The van der Waals surface area contributed by atoms with Gasteiger partial charge < -0.3 is 5.32 Å². The molecule has 3 unspecified atom stereocenters. The number of hydrogen-bond acceptors (Lipinski definition) is 3. The second-order valence-corrected chi connectivity index (χ2v) is 6.51. The molecule has 0 bridgehead atoms. The van der Waals surface area contributed by atoms with Crippen LogP contribution in [0.2, 0.25) is 0 Å². The lowest BCUT2D eigenvalue weighted by atomic mass is 9.72. The first-order chi connectivity index (χ1) is 9.16. The molecule has 1 heterocycles. The zero-order chi connectivity index (χ0) is 13.7. The van der Waals surface area contributed by atoms with Gasteiger partial charge in [0.25, 0.3) is 0 Å². The Morgan fingerprint density at radius 3 is 2.68 bits per heavy atom. The van der Waals surface area contributed by atoms with E-state index < -0.39 is 0 Å². The van der Waals surface area contributed by atoms with Crippen LogP contribution in [0.15, 0.2) is 18.7 Å². The lowest BCUT2D eigenvalue weighted by molar-refractivity contribution is 0.239. The molecule has 1 aliphatic carbocycles. The molecule has 19 heavy (non-hydrogen) atoms. The molecule has 0 amide bonds. The molecule has 1 saturated carbocycles. The molecule has 1 aromatic rings. The summed E-state index contributed by atoms with van der Waals surface area (Å²) in [6.45, 7) is 9.14. The molecule has 3 nitrogen and oxygen atoms in total. The molecule has 0 radical (unpaired) electrons. The summed E-state index contributed by atoms with van der Waals surface area (Å²) in [5, 5.41) is 3.63. The van der Waals surface area contributed by atoms with Crippen LogP contribution in [0, 0.1) is 17.8 Å². The molecule has 0 spiro atoms. The first-order valence-corrected chi connectivity index (χ1v) is 7.62. The highest BCUT2D eigenvalue weighted by Gasteiger charge is 2.29. The van der Waals surface area contributed by atoms with Crippen LogP contribution in [0.5, 0.6) is 0 Å². The largest absolute Gasteiger partial charge is 0.316 e. The van der Waals surface area contributed by atoms with Crippen molar-refractivity contribution in [3.8, 4) is 0 Å². The predicted octanol–water partition coefficient (Wildman–Crippen LogP) is 3.24. The Balaban J connectivity index is 1.98. The predicted molar refractivity (Wildman–Crippen MR) is 79.0 cm³/mol. The third kappa shape index (κ3) is 4.27. The van der Waals surface area contributed by atoms with Crippen molar-refractivity contribution in [2.45, 2.75) is 46.0 Å². The van der Waals surface area contributed by atoms with Gasteiger partial charge in [-0.25, -0.2) is 9.97 Å². The summed E-state index contributed by atoms with van der Waals surface area (Å²) >= 11 is 0. The van der Waals surface area contributed by atoms with Crippen molar-refractivity contribution in [1.29, 1.82) is 0 Å². The summed E-state index contributed by atoms with van der Waals surface area (Å²) in [6.07, 6.45) is 9.60. The molecule has 0 saturated heterocycles. The Hall–Kier alpha value is -0.960. The molecule has 0 aromatic carbocycles. The van der Waals surface area contributed by atoms with Gasteiger partial charge in [-0.2, -0.15) is 0 Å². The van der Waals surface area contributed by atoms with Crippen molar-refractivity contribution in [1.82, 2.24) is 15.3 Å². The summed E-state index contributed by atoms with van der Waals surface area (Å²) in [6, 6.07) is 0. The molecule has 3 heteroatoms. The fourth-order valence-electron chi connectivity index (χ4n) is 3.16. The molecule has 3 atom stereocenters. The standard InChI is InChI=1S/C16H27N3/c1-12(2)7-17-8-14-5-4-13(3)6-16(14)15-9-18-11-19-10-15/h9-14,16-17H,4-8H2,1-3H3. The van der Waals surface area contributed by atoms with Crippen molar-refractivity contribution in [3.05, 3.63) is 24.3 Å². The van der Waals surface area contributed by atoms with Gasteiger partial charge in [0.15, 0.2) is 0 Å². The second kappa shape index (κ2) is 6.99. The van der Waals surface area contributed by atoms with E-state index in [1.54, 1.807) is 6.33 Å². The third-order valence-electron chi connectivity index (χ3n) is 4.22. The van der Waals surface area contributed by atoms with E-state index in [1.165, 1.54) is 24.8 Å². The fourth-order valence-corrected chi connectivity index (χ4v) is 3.16. The van der Waals surface area contributed by atoms with Gasteiger partial charge in [0.05, 0.1) is 0 Å². The number of aromatic nitrogens is 2. The van der Waals surface area contributed by atoms with Crippen LogP contribution in [-0.2, 0) is 0 Å². The summed E-state index contributed by atoms with van der Waals surface area (Å²) in [7, 11) is 0. The molecule has 1 N–H and O–H groups in total. The van der Waals surface area contributed by atoms with Gasteiger partial charge in [-0.1, -0.05) is 27.2 Å². The number of nitrogens with one attached hydrogen (secondary N) is 1. The van der Waals surface area contributed by atoms with E-state index in [2.05, 4.69) is 36.1 Å². The average molecular weight is 261 g/mol. The van der Waals surface area contributed by atoms with Crippen LogP contribution in [0.1, 0.15) is 51.5 Å².